The van der Waals surface area contributed by atoms with Crippen LogP contribution in [0.15, 0.2) is 97.1 Å². The Morgan fingerprint density at radius 3 is 1.96 bits per heavy atom. The van der Waals surface area contributed by atoms with E-state index in [-0.39, 0.29) is 5.41 Å². The second kappa shape index (κ2) is 5.46. The van der Waals surface area contributed by atoms with E-state index in [4.69, 9.17) is 0 Å². The predicted octanol–water partition coefficient (Wildman–Crippen LogP) is 5.65. The van der Waals surface area contributed by atoms with E-state index in [1.807, 2.05) is 12.1 Å². The van der Waals surface area contributed by atoms with Crippen molar-refractivity contribution in [2.75, 3.05) is 0 Å². The largest absolute Gasteiger partial charge is 0.0714 e. The molecule has 2 radical (unpaired) electrons. The van der Waals surface area contributed by atoms with Crippen molar-refractivity contribution in [1.82, 2.24) is 0 Å². The highest BCUT2D eigenvalue weighted by Crippen LogP contribution is 2.55. The average molecular weight is 316 g/mol. The molecule has 0 fully saturated rings. The molecule has 0 saturated carbocycles. The van der Waals surface area contributed by atoms with Crippen molar-refractivity contribution in [2.24, 2.45) is 0 Å². The van der Waals surface area contributed by atoms with Crippen LogP contribution >= 0.6 is 0 Å². The van der Waals surface area contributed by atoms with Crippen molar-refractivity contribution in [3.05, 3.63) is 131 Å². The van der Waals surface area contributed by atoms with Crippen LogP contribution in [0, 0.1) is 12.1 Å². The van der Waals surface area contributed by atoms with Crippen molar-refractivity contribution in [2.45, 2.75) is 5.41 Å². The predicted molar refractivity (Wildman–Crippen MR) is 101 cm³/mol. The molecule has 1 aliphatic rings. The van der Waals surface area contributed by atoms with Gasteiger partial charge in [-0.1, -0.05) is 91.0 Å². The molecule has 4 aromatic carbocycles. The average Bonchev–Trinajstić information content (AvgIpc) is 3.01. The van der Waals surface area contributed by atoms with Gasteiger partial charge < -0.3 is 0 Å². The van der Waals surface area contributed by atoms with Gasteiger partial charge in [0.25, 0.3) is 0 Å². The van der Waals surface area contributed by atoms with Gasteiger partial charge in [-0.3, -0.25) is 0 Å². The third-order valence-corrected chi connectivity index (χ3v) is 5.21. The molecule has 0 heterocycles. The summed E-state index contributed by atoms with van der Waals surface area (Å²) in [6.07, 6.45) is 0. The summed E-state index contributed by atoms with van der Waals surface area (Å²) in [6.45, 7) is 0. The van der Waals surface area contributed by atoms with Crippen molar-refractivity contribution in [3.8, 4) is 11.1 Å². The lowest BCUT2D eigenvalue weighted by Gasteiger charge is -2.33. The molecule has 0 atom stereocenters. The number of hydrogen-bond acceptors (Lipinski definition) is 0. The lowest BCUT2D eigenvalue weighted by molar-refractivity contribution is 0.768. The number of benzene rings is 4. The molecule has 0 N–H and O–H groups in total. The number of rotatable bonds is 2. The second-order valence-electron chi connectivity index (χ2n) is 6.41. The fourth-order valence-electron chi connectivity index (χ4n) is 4.24. The molecule has 0 aromatic heterocycles. The molecule has 5 rings (SSSR count). The molecule has 0 heteroatoms. The SMILES string of the molecule is [c]1ccc2c(c1)C(c1ccccc1)(c1ccccc1)c1ccc[c]c1-2. The maximum atomic E-state index is 3.49. The van der Waals surface area contributed by atoms with Crippen LogP contribution in [0.2, 0.25) is 0 Å². The van der Waals surface area contributed by atoms with Crippen LogP contribution in [-0.4, -0.2) is 0 Å². The van der Waals surface area contributed by atoms with E-state index in [0.717, 1.165) is 0 Å². The van der Waals surface area contributed by atoms with E-state index in [2.05, 4.69) is 97.1 Å². The van der Waals surface area contributed by atoms with E-state index in [1.54, 1.807) is 0 Å². The van der Waals surface area contributed by atoms with E-state index in [1.165, 1.54) is 33.4 Å². The molecular formula is C25H16. The maximum Gasteiger partial charge on any atom is 0.0714 e. The van der Waals surface area contributed by atoms with E-state index in [0.29, 0.717) is 0 Å². The molecule has 25 heavy (non-hydrogen) atoms. The first-order valence-corrected chi connectivity index (χ1v) is 8.55. The van der Waals surface area contributed by atoms with Crippen LogP contribution in [-0.2, 0) is 5.41 Å². The Hall–Kier alpha value is -3.12. The quantitative estimate of drug-likeness (QED) is 0.395. The van der Waals surface area contributed by atoms with Crippen molar-refractivity contribution in [1.29, 1.82) is 0 Å². The third-order valence-electron chi connectivity index (χ3n) is 5.21. The van der Waals surface area contributed by atoms with Crippen molar-refractivity contribution >= 4 is 0 Å². The molecule has 116 valence electrons. The summed E-state index contributed by atoms with van der Waals surface area (Å²) in [5.74, 6) is 0. The molecule has 4 aromatic rings. The first-order chi connectivity index (χ1) is 12.4. The fourth-order valence-corrected chi connectivity index (χ4v) is 4.24. The summed E-state index contributed by atoms with van der Waals surface area (Å²) in [5.41, 5.74) is 7.26. The maximum absolute atomic E-state index is 3.49. The Kier molecular flexibility index (Phi) is 3.11. The Bertz CT molecular complexity index is 943. The van der Waals surface area contributed by atoms with Crippen LogP contribution in [0.5, 0.6) is 0 Å². The molecule has 0 spiro atoms. The van der Waals surface area contributed by atoms with Crippen LogP contribution in [0.3, 0.4) is 0 Å². The first-order valence-electron chi connectivity index (χ1n) is 8.55. The molecule has 0 aliphatic heterocycles. The second-order valence-corrected chi connectivity index (χ2v) is 6.41. The minimum Gasteiger partial charge on any atom is -0.0622 e. The van der Waals surface area contributed by atoms with Gasteiger partial charge in [0.15, 0.2) is 0 Å². The molecule has 1 aliphatic carbocycles. The van der Waals surface area contributed by atoms with E-state index < -0.39 is 0 Å². The summed E-state index contributed by atoms with van der Waals surface area (Å²) in [4.78, 5) is 0. The standard InChI is InChI=1S/C25H16/c1-3-11-19(12-4-1)25(20-13-5-2-6-14-20)23-17-9-7-15-21(23)22-16-8-10-18-24(22)25/h1-9,11-14,16-18H. The Morgan fingerprint density at radius 1 is 0.600 bits per heavy atom. The van der Waals surface area contributed by atoms with Gasteiger partial charge >= 0.3 is 0 Å². The first kappa shape index (κ1) is 14.2. The van der Waals surface area contributed by atoms with Gasteiger partial charge in [-0.25, -0.2) is 0 Å². The highest BCUT2D eigenvalue weighted by molar-refractivity contribution is 5.85. The van der Waals surface area contributed by atoms with Crippen LogP contribution in [0.1, 0.15) is 22.3 Å². The summed E-state index contributed by atoms with van der Waals surface area (Å²) in [5, 5.41) is 0. The molecule has 0 unspecified atom stereocenters. The Labute approximate surface area is 148 Å². The highest BCUT2D eigenvalue weighted by atomic mass is 14.5. The summed E-state index contributed by atoms with van der Waals surface area (Å²) < 4.78 is 0. The smallest absolute Gasteiger partial charge is 0.0622 e. The van der Waals surface area contributed by atoms with Crippen molar-refractivity contribution in [3.63, 3.8) is 0 Å². The molecular weight excluding hydrogens is 300 g/mol. The van der Waals surface area contributed by atoms with Crippen LogP contribution in [0.25, 0.3) is 11.1 Å². The zero-order valence-corrected chi connectivity index (χ0v) is 13.7. The lowest BCUT2D eigenvalue weighted by atomic mass is 9.68. The number of hydrogen-bond donors (Lipinski definition) is 0. The van der Waals surface area contributed by atoms with Gasteiger partial charge in [-0.05, 0) is 51.6 Å². The van der Waals surface area contributed by atoms with Gasteiger partial charge in [0.05, 0.1) is 5.41 Å². The van der Waals surface area contributed by atoms with E-state index >= 15 is 0 Å². The van der Waals surface area contributed by atoms with Crippen molar-refractivity contribution < 1.29 is 0 Å². The summed E-state index contributed by atoms with van der Waals surface area (Å²) in [6, 6.07) is 41.0. The lowest BCUT2D eigenvalue weighted by Crippen LogP contribution is -2.28. The van der Waals surface area contributed by atoms with E-state index in [9.17, 15) is 0 Å². The summed E-state index contributed by atoms with van der Waals surface area (Å²) in [7, 11) is 0. The molecule has 0 saturated heterocycles. The monoisotopic (exact) mass is 316 g/mol. The summed E-state index contributed by atoms with van der Waals surface area (Å²) >= 11 is 0. The third kappa shape index (κ3) is 1.88. The topological polar surface area (TPSA) is 0 Å². The zero-order valence-electron chi connectivity index (χ0n) is 13.7. The number of fused-ring (bicyclic) bond motifs is 3. The van der Waals surface area contributed by atoms with Gasteiger partial charge in [0.2, 0.25) is 0 Å². The Morgan fingerprint density at radius 2 is 1.28 bits per heavy atom. The van der Waals surface area contributed by atoms with Crippen LogP contribution < -0.4 is 0 Å². The Balaban J connectivity index is 1.98. The highest BCUT2D eigenvalue weighted by Gasteiger charge is 2.45. The minimum atomic E-state index is -0.317. The van der Waals surface area contributed by atoms with Gasteiger partial charge in [0.1, 0.15) is 0 Å². The van der Waals surface area contributed by atoms with Crippen LogP contribution in [0.4, 0.5) is 0 Å². The van der Waals surface area contributed by atoms with Gasteiger partial charge in [-0.2, -0.15) is 0 Å². The molecule has 0 amide bonds. The zero-order chi connectivity index (χ0) is 16.7. The van der Waals surface area contributed by atoms with Gasteiger partial charge in [-0.15, -0.1) is 0 Å². The van der Waals surface area contributed by atoms with Gasteiger partial charge in [0, 0.05) is 0 Å². The molecule has 0 bridgehead atoms. The molecule has 0 nitrogen and oxygen atoms in total. The minimum absolute atomic E-state index is 0.317. The normalized spacial score (nSPS) is 13.9. The fraction of sp³-hybridized carbons (Fsp3) is 0.0400.